The second-order valence-corrected chi connectivity index (χ2v) is 12.9. The van der Waals surface area contributed by atoms with Crippen molar-refractivity contribution >= 4 is 73.8 Å². The Balaban J connectivity index is 1.41. The molecule has 1 aromatic heterocycles. The summed E-state index contributed by atoms with van der Waals surface area (Å²) in [5, 5.41) is 13.6. The van der Waals surface area contributed by atoms with Crippen LogP contribution < -0.4 is 15.1 Å². The minimum Gasteiger partial charge on any atom is -0.324 e. The lowest BCUT2D eigenvalue weighted by Crippen LogP contribution is -2.33. The maximum Gasteiger partial charge on any atom is 0.308 e. The van der Waals surface area contributed by atoms with E-state index in [1.54, 1.807) is 12.1 Å². The number of thiazole rings is 1. The molecular weight excluding hydrogens is 644 g/mol. The van der Waals surface area contributed by atoms with Gasteiger partial charge in [-0.3, -0.25) is 33.9 Å². The Morgan fingerprint density at radius 3 is 2.45 bits per heavy atom. The van der Waals surface area contributed by atoms with Crippen LogP contribution in [0.3, 0.4) is 0 Å². The molecule has 10 nitrogen and oxygen atoms in total. The summed E-state index contributed by atoms with van der Waals surface area (Å²) < 4.78 is 2.14. The number of nitrogens with zero attached hydrogens (tertiary/aromatic N) is 3. The number of rotatable bonds is 6. The first-order valence-electron chi connectivity index (χ1n) is 12.8. The molecule has 3 amide bonds. The van der Waals surface area contributed by atoms with Gasteiger partial charge in [0.2, 0.25) is 17.7 Å². The number of carbonyl (C=O) groups is 3. The molecule has 0 radical (unpaired) electrons. The van der Waals surface area contributed by atoms with Crippen LogP contribution in [0, 0.1) is 23.0 Å². The highest BCUT2D eigenvalue weighted by Crippen LogP contribution is 2.54. The highest BCUT2D eigenvalue weighted by atomic mass is 79.9. The van der Waals surface area contributed by atoms with Gasteiger partial charge in [-0.1, -0.05) is 69.4 Å². The zero-order valence-electron chi connectivity index (χ0n) is 21.9. The molecular formula is C29H21BrN4O6S2. The van der Waals surface area contributed by atoms with Gasteiger partial charge >= 0.3 is 4.87 Å². The van der Waals surface area contributed by atoms with E-state index in [0.29, 0.717) is 15.6 Å². The standard InChI is InChI=1S/C29H21BrN4O6S2/c1-15-5-2-3-8-20(15)31-21(35)14-32-28-25(42-29(32)38)22(16-6-4-7-17(30)13-16)23-24(41-28)27(37)33(26(23)36)18-9-11-19(12-10-18)34(39)40/h2-13,22-24H,14H2,1H3,(H,31,35)/t22-,23?,24?/m1/s1. The van der Waals surface area contributed by atoms with Crippen molar-refractivity contribution in [2.45, 2.75) is 29.7 Å². The summed E-state index contributed by atoms with van der Waals surface area (Å²) in [6.07, 6.45) is 0. The molecule has 0 spiro atoms. The van der Waals surface area contributed by atoms with Gasteiger partial charge in [0.15, 0.2) is 0 Å². The molecule has 4 aromatic rings. The first-order chi connectivity index (χ1) is 20.1. The van der Waals surface area contributed by atoms with Gasteiger partial charge in [-0.2, -0.15) is 0 Å². The quantitative estimate of drug-likeness (QED) is 0.168. The normalized spacial score (nSPS) is 19.4. The van der Waals surface area contributed by atoms with E-state index in [2.05, 4.69) is 21.2 Å². The molecule has 3 atom stereocenters. The molecule has 212 valence electrons. The zero-order chi connectivity index (χ0) is 29.7. The van der Waals surface area contributed by atoms with Crippen LogP contribution in [-0.2, 0) is 20.9 Å². The second-order valence-electron chi connectivity index (χ2n) is 9.87. The van der Waals surface area contributed by atoms with Crippen LogP contribution in [0.25, 0.3) is 0 Å². The molecule has 42 heavy (non-hydrogen) atoms. The number of anilines is 2. The van der Waals surface area contributed by atoms with E-state index >= 15 is 0 Å². The van der Waals surface area contributed by atoms with Crippen molar-refractivity contribution in [3.8, 4) is 0 Å². The third-order valence-electron chi connectivity index (χ3n) is 7.30. The molecule has 3 aromatic carbocycles. The van der Waals surface area contributed by atoms with E-state index in [0.717, 1.165) is 43.6 Å². The first kappa shape index (κ1) is 28.1. The summed E-state index contributed by atoms with van der Waals surface area (Å²) in [5.74, 6) is -2.78. The van der Waals surface area contributed by atoms with E-state index < -0.39 is 39.7 Å². The predicted octanol–water partition coefficient (Wildman–Crippen LogP) is 5.32. The van der Waals surface area contributed by atoms with Crippen molar-refractivity contribution in [3.05, 3.63) is 113 Å². The molecule has 0 bridgehead atoms. The average molecular weight is 666 g/mol. The van der Waals surface area contributed by atoms with Gasteiger partial charge in [0.05, 0.1) is 21.6 Å². The molecule has 3 heterocycles. The average Bonchev–Trinajstić information content (AvgIpc) is 3.40. The molecule has 0 aliphatic carbocycles. The summed E-state index contributed by atoms with van der Waals surface area (Å²) in [4.78, 5) is 66.1. The largest absolute Gasteiger partial charge is 0.324 e. The van der Waals surface area contributed by atoms with Crippen molar-refractivity contribution in [1.82, 2.24) is 4.57 Å². The number of non-ortho nitro benzene ring substituents is 1. The number of aromatic nitrogens is 1. The number of thioether (sulfide) groups is 1. The number of amides is 3. The van der Waals surface area contributed by atoms with E-state index in [1.807, 2.05) is 43.3 Å². The van der Waals surface area contributed by atoms with Gasteiger partial charge in [0.25, 0.3) is 5.69 Å². The molecule has 1 saturated heterocycles. The highest BCUT2D eigenvalue weighted by Gasteiger charge is 2.56. The summed E-state index contributed by atoms with van der Waals surface area (Å²) in [6.45, 7) is 1.61. The third kappa shape index (κ3) is 4.86. The molecule has 2 aliphatic heterocycles. The lowest BCUT2D eigenvalue weighted by atomic mass is 9.83. The van der Waals surface area contributed by atoms with Crippen molar-refractivity contribution in [2.75, 3.05) is 10.2 Å². The summed E-state index contributed by atoms with van der Waals surface area (Å²) in [6, 6.07) is 19.9. The van der Waals surface area contributed by atoms with E-state index in [1.165, 1.54) is 28.8 Å². The number of aryl methyl sites for hydroxylation is 1. The number of nitrogens with one attached hydrogen (secondary N) is 1. The van der Waals surface area contributed by atoms with Crippen LogP contribution in [0.15, 0.2) is 87.1 Å². The SMILES string of the molecule is Cc1ccccc1NC(=O)Cn1c2c(sc1=O)[C@H](c1cccc(Br)c1)C1C(=O)N(c3ccc([N+](=O)[O-])cc3)C(=O)C1S2. The molecule has 0 saturated carbocycles. The van der Waals surface area contributed by atoms with Crippen LogP contribution >= 0.6 is 39.0 Å². The molecule has 13 heteroatoms. The number of imide groups is 1. The van der Waals surface area contributed by atoms with Crippen molar-refractivity contribution in [3.63, 3.8) is 0 Å². The third-order valence-corrected chi connectivity index (χ3v) is 10.4. The topological polar surface area (TPSA) is 132 Å². The summed E-state index contributed by atoms with van der Waals surface area (Å²) >= 11 is 5.56. The van der Waals surface area contributed by atoms with E-state index in [9.17, 15) is 29.3 Å². The molecule has 2 aliphatic rings. The number of halogens is 1. The first-order valence-corrected chi connectivity index (χ1v) is 15.3. The Kier molecular flexibility index (Phi) is 7.33. The zero-order valence-corrected chi connectivity index (χ0v) is 25.1. The van der Waals surface area contributed by atoms with Crippen molar-refractivity contribution in [1.29, 1.82) is 0 Å². The number of hydrogen-bond donors (Lipinski definition) is 1. The van der Waals surface area contributed by atoms with E-state index in [4.69, 9.17) is 0 Å². The summed E-state index contributed by atoms with van der Waals surface area (Å²) in [5.41, 5.74) is 2.32. The van der Waals surface area contributed by atoms with Crippen molar-refractivity contribution < 1.29 is 19.3 Å². The smallest absolute Gasteiger partial charge is 0.308 e. The molecule has 1 N–H and O–H groups in total. The number of carbonyl (C=O) groups excluding carboxylic acids is 3. The van der Waals surface area contributed by atoms with Crippen LogP contribution in [0.1, 0.15) is 21.9 Å². The number of para-hydroxylation sites is 1. The lowest BCUT2D eigenvalue weighted by Gasteiger charge is -2.30. The molecule has 1 fully saturated rings. The Morgan fingerprint density at radius 2 is 1.76 bits per heavy atom. The van der Waals surface area contributed by atoms with Crippen molar-refractivity contribution in [2.24, 2.45) is 5.92 Å². The fourth-order valence-corrected chi connectivity index (χ4v) is 8.53. The Morgan fingerprint density at radius 1 is 1.02 bits per heavy atom. The van der Waals surface area contributed by atoms with Crippen LogP contribution in [-0.4, -0.2) is 32.5 Å². The maximum atomic E-state index is 14.0. The van der Waals surface area contributed by atoms with Crippen LogP contribution in [0.2, 0.25) is 0 Å². The van der Waals surface area contributed by atoms with Gasteiger partial charge in [-0.15, -0.1) is 0 Å². The minimum absolute atomic E-state index is 0.160. The molecule has 6 rings (SSSR count). The van der Waals surface area contributed by atoms with Gasteiger partial charge in [0.1, 0.15) is 11.8 Å². The highest BCUT2D eigenvalue weighted by molar-refractivity contribution is 9.10. The predicted molar refractivity (Wildman–Crippen MR) is 163 cm³/mol. The van der Waals surface area contributed by atoms with Gasteiger partial charge in [-0.05, 0) is 48.4 Å². The van der Waals surface area contributed by atoms with E-state index in [-0.39, 0.29) is 22.8 Å². The van der Waals surface area contributed by atoms with Crippen LogP contribution in [0.5, 0.6) is 0 Å². The lowest BCUT2D eigenvalue weighted by molar-refractivity contribution is -0.384. The number of nitro groups is 1. The molecule has 2 unspecified atom stereocenters. The second kappa shape index (κ2) is 11.0. The number of fused-ring (bicyclic) bond motifs is 2. The fourth-order valence-electron chi connectivity index (χ4n) is 5.34. The fraction of sp³-hybridized carbons (Fsp3) is 0.172. The van der Waals surface area contributed by atoms with Gasteiger partial charge < -0.3 is 5.32 Å². The Bertz CT molecular complexity index is 1840. The Hall–Kier alpha value is -4.07. The number of benzene rings is 3. The maximum absolute atomic E-state index is 14.0. The summed E-state index contributed by atoms with van der Waals surface area (Å²) in [7, 11) is 0. The van der Waals surface area contributed by atoms with Gasteiger partial charge in [-0.25, -0.2) is 4.90 Å². The van der Waals surface area contributed by atoms with Gasteiger partial charge in [0, 0.05) is 33.1 Å². The number of hydrogen-bond acceptors (Lipinski definition) is 8. The number of nitro benzene ring substituents is 1. The van der Waals surface area contributed by atoms with Crippen LogP contribution in [0.4, 0.5) is 17.1 Å². The Labute approximate surface area is 255 Å². The minimum atomic E-state index is -0.871. The monoisotopic (exact) mass is 664 g/mol.